The summed E-state index contributed by atoms with van der Waals surface area (Å²) in [5.41, 5.74) is 2.18. The van der Waals surface area contributed by atoms with E-state index in [1.165, 1.54) is 0 Å². The quantitative estimate of drug-likeness (QED) is 0.365. The van der Waals surface area contributed by atoms with Crippen LogP contribution in [-0.4, -0.2) is 22.4 Å². The number of hydrogen-bond acceptors (Lipinski definition) is 4. The zero-order valence-corrected chi connectivity index (χ0v) is 12.6. The van der Waals surface area contributed by atoms with Crippen LogP contribution in [0.4, 0.5) is 0 Å². The van der Waals surface area contributed by atoms with Crippen LogP contribution in [0.2, 0.25) is 0 Å². The van der Waals surface area contributed by atoms with Crippen molar-refractivity contribution in [2.45, 2.75) is 6.42 Å². The molecule has 0 amide bonds. The van der Waals surface area contributed by atoms with Gasteiger partial charge in [-0.15, -0.1) is 0 Å². The van der Waals surface area contributed by atoms with Crippen molar-refractivity contribution in [2.75, 3.05) is 6.54 Å². The van der Waals surface area contributed by atoms with Crippen LogP contribution in [0.25, 0.3) is 6.08 Å². The molecule has 0 spiro atoms. The summed E-state index contributed by atoms with van der Waals surface area (Å²) < 4.78 is 0. The van der Waals surface area contributed by atoms with Gasteiger partial charge in [-0.2, -0.15) is 0 Å². The Hall–Kier alpha value is -2.95. The molecule has 0 heterocycles. The molecular weight excluding hydrogens is 292 g/mol. The summed E-state index contributed by atoms with van der Waals surface area (Å²) in [5, 5.41) is 23.5. The van der Waals surface area contributed by atoms with Gasteiger partial charge in [-0.1, -0.05) is 78.0 Å². The van der Waals surface area contributed by atoms with Gasteiger partial charge in [0.15, 0.2) is 0 Å². The first-order chi connectivity index (χ1) is 11.2. The van der Waals surface area contributed by atoms with E-state index in [4.69, 9.17) is 0 Å². The summed E-state index contributed by atoms with van der Waals surface area (Å²) in [6, 6.07) is 18.8. The second-order valence-electron chi connectivity index (χ2n) is 5.16. The maximum absolute atomic E-state index is 10.9. The first-order valence-corrected chi connectivity index (χ1v) is 7.30. The number of oxime groups is 1. The molecule has 5 nitrogen and oxygen atoms in total. The van der Waals surface area contributed by atoms with Gasteiger partial charge in [0, 0.05) is 17.3 Å². The van der Waals surface area contributed by atoms with E-state index in [1.54, 1.807) is 6.08 Å². The largest absolute Gasteiger partial charge is 0.411 e. The summed E-state index contributed by atoms with van der Waals surface area (Å²) in [6.07, 6.45) is 3.95. The summed E-state index contributed by atoms with van der Waals surface area (Å²) in [5.74, 6) is -0.351. The molecule has 0 saturated carbocycles. The molecule has 2 aromatic carbocycles. The molecule has 0 saturated heterocycles. The van der Waals surface area contributed by atoms with Gasteiger partial charge in [-0.05, 0) is 11.1 Å². The molecule has 0 aliphatic heterocycles. The van der Waals surface area contributed by atoms with Gasteiger partial charge in [0.2, 0.25) is 6.54 Å². The number of benzene rings is 2. The van der Waals surface area contributed by atoms with Crippen LogP contribution < -0.4 is 0 Å². The van der Waals surface area contributed by atoms with Crippen LogP contribution in [0.15, 0.2) is 71.9 Å². The van der Waals surface area contributed by atoms with E-state index < -0.39 is 0 Å². The third kappa shape index (κ3) is 5.39. The molecule has 0 bridgehead atoms. The SMILES string of the molecule is O=[N+]([O-])C[C@H](/C=C/c1ccccc1)C/C(=N\O)c1ccccc1. The smallest absolute Gasteiger partial charge is 0.210 e. The Morgan fingerprint density at radius 2 is 1.74 bits per heavy atom. The zero-order valence-electron chi connectivity index (χ0n) is 12.6. The fourth-order valence-corrected chi connectivity index (χ4v) is 2.29. The van der Waals surface area contributed by atoms with Gasteiger partial charge in [0.05, 0.1) is 5.71 Å². The van der Waals surface area contributed by atoms with Crippen molar-refractivity contribution in [2.24, 2.45) is 11.1 Å². The molecule has 118 valence electrons. The van der Waals surface area contributed by atoms with Crippen LogP contribution in [0.3, 0.4) is 0 Å². The Morgan fingerprint density at radius 3 is 2.30 bits per heavy atom. The summed E-state index contributed by atoms with van der Waals surface area (Å²) in [4.78, 5) is 10.5. The first kappa shape index (κ1) is 16.4. The van der Waals surface area contributed by atoms with Crippen molar-refractivity contribution < 1.29 is 10.1 Å². The molecule has 0 aromatic heterocycles. The normalized spacial score (nSPS) is 13.1. The van der Waals surface area contributed by atoms with E-state index in [0.29, 0.717) is 12.1 Å². The fraction of sp³-hybridized carbons (Fsp3) is 0.167. The molecule has 0 radical (unpaired) electrons. The molecule has 0 aliphatic carbocycles. The van der Waals surface area contributed by atoms with E-state index in [0.717, 1.165) is 11.1 Å². The van der Waals surface area contributed by atoms with Crippen molar-refractivity contribution >= 4 is 11.8 Å². The average molecular weight is 310 g/mol. The molecule has 2 aromatic rings. The third-order valence-corrected chi connectivity index (χ3v) is 3.43. The average Bonchev–Trinajstić information content (AvgIpc) is 2.58. The Morgan fingerprint density at radius 1 is 1.13 bits per heavy atom. The van der Waals surface area contributed by atoms with Crippen molar-refractivity contribution in [1.29, 1.82) is 0 Å². The number of nitro groups is 1. The van der Waals surface area contributed by atoms with E-state index in [2.05, 4.69) is 5.16 Å². The minimum atomic E-state index is -0.351. The highest BCUT2D eigenvalue weighted by molar-refractivity contribution is 6.00. The van der Waals surface area contributed by atoms with Gasteiger partial charge < -0.3 is 5.21 Å². The maximum Gasteiger partial charge on any atom is 0.210 e. The van der Waals surface area contributed by atoms with Crippen molar-refractivity contribution in [3.05, 3.63) is 88.0 Å². The Labute approximate surface area is 134 Å². The Bertz CT molecular complexity index is 682. The number of hydrogen-bond donors (Lipinski definition) is 1. The van der Waals surface area contributed by atoms with Gasteiger partial charge in [-0.3, -0.25) is 10.1 Å². The molecule has 1 atom stereocenters. The highest BCUT2D eigenvalue weighted by Crippen LogP contribution is 2.15. The van der Waals surface area contributed by atoms with Gasteiger partial charge in [0.1, 0.15) is 0 Å². The van der Waals surface area contributed by atoms with Gasteiger partial charge in [0.25, 0.3) is 0 Å². The predicted octanol–water partition coefficient (Wildman–Crippen LogP) is 3.86. The lowest BCUT2D eigenvalue weighted by Crippen LogP contribution is -2.17. The Balaban J connectivity index is 2.15. The highest BCUT2D eigenvalue weighted by atomic mass is 16.6. The molecule has 0 unspecified atom stereocenters. The molecule has 23 heavy (non-hydrogen) atoms. The molecule has 0 fully saturated rings. The van der Waals surface area contributed by atoms with E-state index in [9.17, 15) is 15.3 Å². The topological polar surface area (TPSA) is 75.7 Å². The highest BCUT2D eigenvalue weighted by Gasteiger charge is 2.17. The molecular formula is C18H18N2O3. The van der Waals surface area contributed by atoms with Crippen LogP contribution in [0, 0.1) is 16.0 Å². The molecule has 0 aliphatic rings. The summed E-state index contributed by atoms with van der Waals surface area (Å²) in [7, 11) is 0. The lowest BCUT2D eigenvalue weighted by molar-refractivity contribution is -0.485. The number of rotatable bonds is 7. The molecule has 2 rings (SSSR count). The number of nitrogens with zero attached hydrogens (tertiary/aromatic N) is 2. The lowest BCUT2D eigenvalue weighted by Gasteiger charge is -2.10. The predicted molar refractivity (Wildman–Crippen MR) is 90.2 cm³/mol. The molecule has 5 heteroatoms. The Kier molecular flexibility index (Phi) is 6.06. The van der Waals surface area contributed by atoms with E-state index >= 15 is 0 Å². The monoisotopic (exact) mass is 310 g/mol. The van der Waals surface area contributed by atoms with E-state index in [-0.39, 0.29) is 17.4 Å². The fourth-order valence-electron chi connectivity index (χ4n) is 2.29. The van der Waals surface area contributed by atoms with E-state index in [1.807, 2.05) is 66.7 Å². The lowest BCUT2D eigenvalue weighted by atomic mass is 9.96. The minimum Gasteiger partial charge on any atom is -0.411 e. The maximum atomic E-state index is 10.9. The van der Waals surface area contributed by atoms with Crippen molar-refractivity contribution in [1.82, 2.24) is 0 Å². The molecule has 1 N–H and O–H groups in total. The summed E-state index contributed by atoms with van der Waals surface area (Å²) in [6.45, 7) is -0.213. The first-order valence-electron chi connectivity index (χ1n) is 7.30. The van der Waals surface area contributed by atoms with Crippen LogP contribution >= 0.6 is 0 Å². The van der Waals surface area contributed by atoms with Crippen LogP contribution in [0.5, 0.6) is 0 Å². The van der Waals surface area contributed by atoms with Gasteiger partial charge >= 0.3 is 0 Å². The van der Waals surface area contributed by atoms with Crippen LogP contribution in [-0.2, 0) is 0 Å². The zero-order chi connectivity index (χ0) is 16.5. The second-order valence-corrected chi connectivity index (χ2v) is 5.16. The van der Waals surface area contributed by atoms with Crippen molar-refractivity contribution in [3.8, 4) is 0 Å². The summed E-state index contributed by atoms with van der Waals surface area (Å²) >= 11 is 0. The minimum absolute atomic E-state index is 0.213. The van der Waals surface area contributed by atoms with Gasteiger partial charge in [-0.25, -0.2) is 0 Å². The van der Waals surface area contributed by atoms with Crippen LogP contribution in [0.1, 0.15) is 17.5 Å². The van der Waals surface area contributed by atoms with Crippen molar-refractivity contribution in [3.63, 3.8) is 0 Å². The standard InChI is InChI=1S/C18H18N2O3/c21-19-18(17-9-5-2-6-10-17)13-16(14-20(22)23)12-11-15-7-3-1-4-8-15/h1-12,16,21H,13-14H2/b12-11+,19-18+/t16-/m1/s1. The third-order valence-electron chi connectivity index (χ3n) is 3.43. The second kappa shape index (κ2) is 8.48.